The lowest BCUT2D eigenvalue weighted by atomic mass is 9.99. The van der Waals surface area contributed by atoms with Crippen LogP contribution in [0.5, 0.6) is 11.6 Å². The van der Waals surface area contributed by atoms with E-state index >= 15 is 0 Å². The molecule has 0 spiro atoms. The number of hydrogen-bond donors (Lipinski definition) is 1. The second-order valence-electron chi connectivity index (χ2n) is 10.6. The molecular weight excluding hydrogens is 631 g/mol. The molecule has 0 radical (unpaired) electrons. The molecule has 4 aromatic rings. The fraction of sp³-hybridized carbons (Fsp3) is 0.265. The highest BCUT2D eigenvalue weighted by atomic mass is 35.5. The maximum atomic E-state index is 12.5. The number of benzene rings is 2. The minimum absolute atomic E-state index is 0.0227. The molecule has 0 aliphatic carbocycles. The predicted molar refractivity (Wildman–Crippen MR) is 175 cm³/mol. The molecule has 2 amide bonds. The van der Waals surface area contributed by atoms with E-state index in [0.717, 1.165) is 6.29 Å². The first-order valence-corrected chi connectivity index (χ1v) is 15.3. The van der Waals surface area contributed by atoms with Crippen LogP contribution in [0, 0.1) is 0 Å². The van der Waals surface area contributed by atoms with Gasteiger partial charge in [-0.15, -0.1) is 0 Å². The zero-order chi connectivity index (χ0) is 32.8. The molecule has 1 aliphatic rings. The smallest absolute Gasteiger partial charge is 0.407 e. The summed E-state index contributed by atoms with van der Waals surface area (Å²) in [6.07, 6.45) is 2.77. The normalized spacial score (nSPS) is 13.2. The number of carbonyl (C=O) groups is 3. The van der Waals surface area contributed by atoms with Gasteiger partial charge in [0.15, 0.2) is 6.29 Å². The van der Waals surface area contributed by atoms with Crippen molar-refractivity contribution in [2.45, 2.75) is 32.4 Å². The number of amides is 2. The molecule has 1 aliphatic heterocycles. The number of aldehydes is 1. The van der Waals surface area contributed by atoms with Crippen molar-refractivity contribution in [3.05, 3.63) is 82.0 Å². The van der Waals surface area contributed by atoms with Crippen LogP contribution in [-0.2, 0) is 16.1 Å². The van der Waals surface area contributed by atoms with Gasteiger partial charge >= 0.3 is 6.09 Å². The van der Waals surface area contributed by atoms with Crippen LogP contribution in [0.2, 0.25) is 10.0 Å². The van der Waals surface area contributed by atoms with E-state index in [1.165, 1.54) is 21.1 Å². The molecule has 0 saturated carbocycles. The summed E-state index contributed by atoms with van der Waals surface area (Å²) >= 11 is 13.9. The summed E-state index contributed by atoms with van der Waals surface area (Å²) < 4.78 is 16.5. The van der Waals surface area contributed by atoms with Crippen LogP contribution in [0.4, 0.5) is 4.79 Å². The average molecular weight is 664 g/mol. The van der Waals surface area contributed by atoms with Gasteiger partial charge in [-0.1, -0.05) is 47.5 Å². The summed E-state index contributed by atoms with van der Waals surface area (Å²) in [5, 5.41) is 3.57. The van der Waals surface area contributed by atoms with E-state index in [-0.39, 0.29) is 18.6 Å². The van der Waals surface area contributed by atoms with Gasteiger partial charge in [0.25, 0.3) is 0 Å². The molecule has 3 heterocycles. The molecule has 46 heavy (non-hydrogen) atoms. The Bertz CT molecular complexity index is 1770. The number of likely N-dealkylation sites (tertiary alicyclic amines) is 1. The molecule has 5 rings (SSSR count). The van der Waals surface area contributed by atoms with Crippen molar-refractivity contribution >= 4 is 41.5 Å². The summed E-state index contributed by atoms with van der Waals surface area (Å²) in [4.78, 5) is 46.3. The van der Waals surface area contributed by atoms with E-state index in [4.69, 9.17) is 37.4 Å². The Hall–Kier alpha value is -4.67. The number of rotatable bonds is 9. The van der Waals surface area contributed by atoms with Crippen molar-refractivity contribution in [3.63, 3.8) is 0 Å². The van der Waals surface area contributed by atoms with Gasteiger partial charge in [0.2, 0.25) is 11.8 Å². The standard InChI is InChI=1S/C34H32Cl2N4O6/c1-20(42)40-15-12-24(13-16-40)46-34(43)38-18-22-9-10-28(39-33(22)45-3)27-6-4-5-25(30(27)35)26-11-14-37-32(31(26)36)21-7-8-23(19-41)29(17-21)44-2/h4-11,14,17,19,24H,12-13,15-16,18H2,1-3H3,(H,38,43). The topological polar surface area (TPSA) is 120 Å². The highest BCUT2D eigenvalue weighted by Crippen LogP contribution is 2.42. The third-order valence-electron chi connectivity index (χ3n) is 7.80. The number of aromatic nitrogens is 2. The first-order valence-electron chi connectivity index (χ1n) is 14.5. The second kappa shape index (κ2) is 14.6. The molecule has 10 nitrogen and oxygen atoms in total. The SMILES string of the molecule is COc1cc(-c2nccc(-c3cccc(-c4ccc(CNC(=O)OC5CCN(C(C)=O)CC5)c(OC)n4)c3Cl)c2Cl)ccc1C=O. The van der Waals surface area contributed by atoms with E-state index in [2.05, 4.69) is 15.3 Å². The molecule has 0 bridgehead atoms. The highest BCUT2D eigenvalue weighted by molar-refractivity contribution is 6.39. The number of halogens is 2. The van der Waals surface area contributed by atoms with Crippen molar-refractivity contribution in [3.8, 4) is 45.3 Å². The van der Waals surface area contributed by atoms with E-state index in [1.54, 1.807) is 41.4 Å². The van der Waals surface area contributed by atoms with Gasteiger partial charge in [-0.05, 0) is 30.3 Å². The van der Waals surface area contributed by atoms with Gasteiger partial charge in [0.1, 0.15) is 11.9 Å². The zero-order valence-electron chi connectivity index (χ0n) is 25.5. The number of nitrogens with one attached hydrogen (secondary N) is 1. The molecule has 1 N–H and O–H groups in total. The number of methoxy groups -OCH3 is 2. The molecule has 12 heteroatoms. The highest BCUT2D eigenvalue weighted by Gasteiger charge is 2.24. The molecule has 0 atom stereocenters. The number of pyridine rings is 2. The van der Waals surface area contributed by atoms with Crippen molar-refractivity contribution in [2.24, 2.45) is 0 Å². The van der Waals surface area contributed by atoms with Gasteiger partial charge in [0.05, 0.1) is 47.8 Å². The molecule has 1 fully saturated rings. The maximum Gasteiger partial charge on any atom is 0.407 e. The second-order valence-corrected chi connectivity index (χ2v) is 11.3. The monoisotopic (exact) mass is 662 g/mol. The molecule has 1 saturated heterocycles. The quantitative estimate of drug-likeness (QED) is 0.193. The van der Waals surface area contributed by atoms with Crippen molar-refractivity contribution < 1.29 is 28.6 Å². The third-order valence-corrected chi connectivity index (χ3v) is 8.59. The van der Waals surface area contributed by atoms with Crippen LogP contribution in [-0.4, -0.2) is 66.6 Å². The predicted octanol–water partition coefficient (Wildman–Crippen LogP) is 6.85. The lowest BCUT2D eigenvalue weighted by molar-refractivity contribution is -0.130. The minimum Gasteiger partial charge on any atom is -0.496 e. The van der Waals surface area contributed by atoms with Crippen molar-refractivity contribution in [1.82, 2.24) is 20.2 Å². The third kappa shape index (κ3) is 7.08. The lowest BCUT2D eigenvalue weighted by Gasteiger charge is -2.30. The maximum absolute atomic E-state index is 12.5. The van der Waals surface area contributed by atoms with E-state index < -0.39 is 6.09 Å². The Balaban J connectivity index is 1.34. The summed E-state index contributed by atoms with van der Waals surface area (Å²) in [5.74, 6) is 0.762. The number of nitrogens with zero attached hydrogens (tertiary/aromatic N) is 3. The van der Waals surface area contributed by atoms with E-state index in [0.29, 0.717) is 92.4 Å². The van der Waals surface area contributed by atoms with Crippen molar-refractivity contribution in [1.29, 1.82) is 0 Å². The van der Waals surface area contributed by atoms with Crippen LogP contribution >= 0.6 is 23.2 Å². The Morgan fingerprint density at radius 2 is 1.72 bits per heavy atom. The Morgan fingerprint density at radius 1 is 0.978 bits per heavy atom. The molecule has 2 aromatic carbocycles. The summed E-state index contributed by atoms with van der Waals surface area (Å²) in [6, 6.07) is 16.1. The first kappa shape index (κ1) is 32.7. The lowest BCUT2D eigenvalue weighted by Crippen LogP contribution is -2.41. The molecular formula is C34H32Cl2N4O6. The van der Waals surface area contributed by atoms with Gasteiger partial charge in [-0.2, -0.15) is 0 Å². The zero-order valence-corrected chi connectivity index (χ0v) is 27.0. The number of piperidine rings is 1. The largest absolute Gasteiger partial charge is 0.496 e. The molecule has 238 valence electrons. The van der Waals surface area contributed by atoms with Gasteiger partial charge in [-0.25, -0.2) is 9.78 Å². The van der Waals surface area contributed by atoms with Crippen LogP contribution in [0.25, 0.3) is 33.6 Å². The van der Waals surface area contributed by atoms with E-state index in [1.807, 2.05) is 24.3 Å². The van der Waals surface area contributed by atoms with Gasteiger partial charge in [0, 0.05) is 66.9 Å². The van der Waals surface area contributed by atoms with Crippen LogP contribution < -0.4 is 14.8 Å². The fourth-order valence-corrected chi connectivity index (χ4v) is 5.97. The minimum atomic E-state index is -0.546. The summed E-state index contributed by atoms with van der Waals surface area (Å²) in [6.45, 7) is 2.81. The number of alkyl carbamates (subject to hydrolysis) is 1. The summed E-state index contributed by atoms with van der Waals surface area (Å²) in [5.41, 5.74) is 4.81. The van der Waals surface area contributed by atoms with Crippen LogP contribution in [0.3, 0.4) is 0 Å². The van der Waals surface area contributed by atoms with Crippen LogP contribution in [0.15, 0.2) is 60.8 Å². The molecule has 0 unspecified atom stereocenters. The number of hydrogen-bond acceptors (Lipinski definition) is 8. The van der Waals surface area contributed by atoms with Crippen molar-refractivity contribution in [2.75, 3.05) is 27.3 Å². The van der Waals surface area contributed by atoms with Crippen LogP contribution in [0.1, 0.15) is 35.7 Å². The average Bonchev–Trinajstić information content (AvgIpc) is 3.07. The fourth-order valence-electron chi connectivity index (χ4n) is 5.33. The summed E-state index contributed by atoms with van der Waals surface area (Å²) in [7, 11) is 3.00. The number of ether oxygens (including phenoxy) is 3. The van der Waals surface area contributed by atoms with Gasteiger partial charge < -0.3 is 24.4 Å². The number of carbonyl (C=O) groups excluding carboxylic acids is 3. The van der Waals surface area contributed by atoms with Gasteiger partial charge in [-0.3, -0.25) is 14.6 Å². The molecule has 2 aromatic heterocycles. The Kier molecular flexibility index (Phi) is 10.4. The van der Waals surface area contributed by atoms with E-state index in [9.17, 15) is 14.4 Å². The Morgan fingerprint density at radius 3 is 2.41 bits per heavy atom. The Labute approximate surface area is 276 Å². The first-order chi connectivity index (χ1) is 22.2.